The third kappa shape index (κ3) is 5.01. The minimum Gasteiger partial charge on any atom is -0.460 e. The number of benzene rings is 5. The zero-order valence-electron chi connectivity index (χ0n) is 25.7. The van der Waals surface area contributed by atoms with Gasteiger partial charge < -0.3 is 4.42 Å². The molecule has 0 radical (unpaired) electrons. The molecular formula is C45H34O. The number of fused-ring (bicyclic) bond motifs is 4. The van der Waals surface area contributed by atoms with Crippen LogP contribution in [0.5, 0.6) is 0 Å². The van der Waals surface area contributed by atoms with E-state index in [0.29, 0.717) is 0 Å². The fourth-order valence-corrected chi connectivity index (χ4v) is 7.05. The fraction of sp³-hybridized carbons (Fsp3) is 0.0667. The average Bonchev–Trinajstić information content (AvgIpc) is 3.50. The second-order valence-corrected chi connectivity index (χ2v) is 12.0. The molecule has 0 atom stereocenters. The lowest BCUT2D eigenvalue weighted by atomic mass is 9.87. The van der Waals surface area contributed by atoms with Crippen molar-refractivity contribution in [2.75, 3.05) is 0 Å². The summed E-state index contributed by atoms with van der Waals surface area (Å²) in [6.07, 6.45) is 15.9. The zero-order valence-corrected chi connectivity index (χ0v) is 25.7. The second-order valence-electron chi connectivity index (χ2n) is 12.0. The molecule has 0 spiro atoms. The van der Waals surface area contributed by atoms with Crippen LogP contribution in [-0.2, 0) is 6.42 Å². The first-order valence-electron chi connectivity index (χ1n) is 16.1. The summed E-state index contributed by atoms with van der Waals surface area (Å²) in [6, 6.07) is 43.6. The highest BCUT2D eigenvalue weighted by Gasteiger charge is 2.22. The summed E-state index contributed by atoms with van der Waals surface area (Å²) in [5.41, 5.74) is 12.8. The number of rotatable bonds is 4. The van der Waals surface area contributed by atoms with Gasteiger partial charge in [0.1, 0.15) is 11.3 Å². The molecule has 0 saturated carbocycles. The number of furan rings is 1. The van der Waals surface area contributed by atoms with E-state index in [1.165, 1.54) is 60.3 Å². The topological polar surface area (TPSA) is 13.1 Å². The Morgan fingerprint density at radius 3 is 2.13 bits per heavy atom. The lowest BCUT2D eigenvalue weighted by molar-refractivity contribution is 0.546. The molecule has 8 rings (SSSR count). The maximum absolute atomic E-state index is 6.47. The van der Waals surface area contributed by atoms with Crippen molar-refractivity contribution in [1.29, 1.82) is 0 Å². The number of aryl methyl sites for hydroxylation is 1. The van der Waals surface area contributed by atoms with Crippen molar-refractivity contribution in [1.82, 2.24) is 0 Å². The van der Waals surface area contributed by atoms with Crippen LogP contribution in [0.2, 0.25) is 0 Å². The van der Waals surface area contributed by atoms with Crippen molar-refractivity contribution >= 4 is 28.2 Å². The van der Waals surface area contributed by atoms with E-state index in [1.807, 2.05) is 0 Å². The number of hydrogen-bond donors (Lipinski definition) is 0. The van der Waals surface area contributed by atoms with Gasteiger partial charge in [0.2, 0.25) is 0 Å². The Kier molecular flexibility index (Phi) is 7.28. The minimum absolute atomic E-state index is 0.805. The van der Waals surface area contributed by atoms with Crippen LogP contribution in [0, 0.1) is 0 Å². The Balaban J connectivity index is 1.43. The molecule has 0 N–H and O–H groups in total. The van der Waals surface area contributed by atoms with Crippen LogP contribution in [0.15, 0.2) is 168 Å². The molecule has 220 valence electrons. The summed E-state index contributed by atoms with van der Waals surface area (Å²) in [5.74, 6) is 1.08. The van der Waals surface area contributed by atoms with Gasteiger partial charge in [-0.25, -0.2) is 0 Å². The van der Waals surface area contributed by atoms with Gasteiger partial charge in [-0.3, -0.25) is 0 Å². The van der Waals surface area contributed by atoms with Crippen LogP contribution >= 0.6 is 0 Å². The van der Waals surface area contributed by atoms with Gasteiger partial charge in [0, 0.05) is 22.9 Å². The third-order valence-corrected chi connectivity index (χ3v) is 9.15. The highest BCUT2D eigenvalue weighted by atomic mass is 16.3. The predicted molar refractivity (Wildman–Crippen MR) is 194 cm³/mol. The summed E-state index contributed by atoms with van der Waals surface area (Å²) in [6.45, 7) is 4.51. The van der Waals surface area contributed by atoms with Gasteiger partial charge in [0.15, 0.2) is 0 Å². The molecule has 0 fully saturated rings. The number of hydrogen-bond acceptors (Lipinski definition) is 1. The maximum atomic E-state index is 6.47. The molecule has 0 aliphatic heterocycles. The second kappa shape index (κ2) is 12.0. The minimum atomic E-state index is 0.805. The van der Waals surface area contributed by atoms with E-state index >= 15 is 0 Å². The van der Waals surface area contributed by atoms with Crippen molar-refractivity contribution in [2.45, 2.75) is 19.3 Å². The quantitative estimate of drug-likeness (QED) is 0.199. The molecule has 2 aliphatic carbocycles. The van der Waals surface area contributed by atoms with E-state index in [2.05, 4.69) is 164 Å². The van der Waals surface area contributed by atoms with E-state index in [-0.39, 0.29) is 0 Å². The van der Waals surface area contributed by atoms with Crippen LogP contribution in [-0.4, -0.2) is 0 Å². The molecule has 0 saturated heterocycles. The lowest BCUT2D eigenvalue weighted by Crippen LogP contribution is -2.30. The molecule has 0 amide bonds. The van der Waals surface area contributed by atoms with E-state index < -0.39 is 0 Å². The summed E-state index contributed by atoms with van der Waals surface area (Å²) >= 11 is 0. The molecule has 6 aromatic rings. The van der Waals surface area contributed by atoms with Crippen molar-refractivity contribution in [2.24, 2.45) is 0 Å². The Morgan fingerprint density at radius 2 is 1.30 bits per heavy atom. The SMILES string of the molecule is C=C1/C=C\C=C/C/C(c2cccc(-c3c(-c4ccccc4)ccc4oc5c(c34)C=CCC5)c2)=c2/cccc/c2=C/1c1ccccc1. The standard InChI is InChI=1S/C45H34O/c1-31-16-5-2-10-23-36(38-24-11-12-25-39(38)43(31)33-19-8-4-9-20-33)34-21-15-22-35(30-34)44-37(32-17-6-3-7-18-32)28-29-42-45(44)40-26-13-14-27-41(40)46-42/h2-13,15-22,24-26,28-30H,1,14,23,27H2/b10-2-,16-5-,38-36+,43-39+. The van der Waals surface area contributed by atoms with E-state index in [9.17, 15) is 0 Å². The van der Waals surface area contributed by atoms with Crippen molar-refractivity contribution in [3.63, 3.8) is 0 Å². The van der Waals surface area contributed by atoms with Crippen molar-refractivity contribution in [3.8, 4) is 22.3 Å². The summed E-state index contributed by atoms with van der Waals surface area (Å²) in [4.78, 5) is 0. The first-order chi connectivity index (χ1) is 22.8. The predicted octanol–water partition coefficient (Wildman–Crippen LogP) is 10.2. The normalized spacial score (nSPS) is 18.1. The van der Waals surface area contributed by atoms with Gasteiger partial charge in [-0.1, -0.05) is 152 Å². The zero-order chi connectivity index (χ0) is 30.9. The molecule has 5 aromatic carbocycles. The van der Waals surface area contributed by atoms with E-state index in [0.717, 1.165) is 41.8 Å². The van der Waals surface area contributed by atoms with Crippen LogP contribution in [0.4, 0.5) is 0 Å². The summed E-state index contributed by atoms with van der Waals surface area (Å²) in [5, 5.41) is 3.62. The van der Waals surface area contributed by atoms with Crippen molar-refractivity contribution < 1.29 is 4.42 Å². The highest BCUT2D eigenvalue weighted by Crippen LogP contribution is 2.43. The maximum Gasteiger partial charge on any atom is 0.135 e. The highest BCUT2D eigenvalue weighted by molar-refractivity contribution is 6.07. The first-order valence-corrected chi connectivity index (χ1v) is 16.1. The van der Waals surface area contributed by atoms with Gasteiger partial charge in [-0.05, 0) is 79.9 Å². The Morgan fingerprint density at radius 1 is 0.587 bits per heavy atom. The van der Waals surface area contributed by atoms with Gasteiger partial charge in [-0.15, -0.1) is 0 Å². The molecular weight excluding hydrogens is 556 g/mol. The van der Waals surface area contributed by atoms with Crippen LogP contribution < -0.4 is 10.4 Å². The average molecular weight is 591 g/mol. The van der Waals surface area contributed by atoms with Crippen LogP contribution in [0.25, 0.3) is 50.4 Å². The monoisotopic (exact) mass is 590 g/mol. The molecule has 46 heavy (non-hydrogen) atoms. The summed E-state index contributed by atoms with van der Waals surface area (Å²) < 4.78 is 6.47. The first kappa shape index (κ1) is 27.9. The van der Waals surface area contributed by atoms with Gasteiger partial charge in [-0.2, -0.15) is 0 Å². The third-order valence-electron chi connectivity index (χ3n) is 9.15. The molecule has 2 aliphatic rings. The lowest BCUT2D eigenvalue weighted by Gasteiger charge is -2.16. The molecule has 0 bridgehead atoms. The molecule has 1 heteroatoms. The van der Waals surface area contributed by atoms with Gasteiger partial charge in [0.05, 0.1) is 0 Å². The van der Waals surface area contributed by atoms with Crippen molar-refractivity contribution in [3.05, 3.63) is 197 Å². The number of allylic oxidation sites excluding steroid dienone is 6. The Hall–Kier alpha value is -5.66. The van der Waals surface area contributed by atoms with E-state index in [1.54, 1.807) is 0 Å². The smallest absolute Gasteiger partial charge is 0.135 e. The Labute approximate surface area is 270 Å². The largest absolute Gasteiger partial charge is 0.460 e. The molecule has 1 heterocycles. The molecule has 1 aromatic heterocycles. The van der Waals surface area contributed by atoms with E-state index in [4.69, 9.17) is 4.42 Å². The van der Waals surface area contributed by atoms with Gasteiger partial charge >= 0.3 is 0 Å². The molecule has 0 unspecified atom stereocenters. The van der Waals surface area contributed by atoms with Crippen LogP contribution in [0.1, 0.15) is 35.3 Å². The fourth-order valence-electron chi connectivity index (χ4n) is 7.05. The van der Waals surface area contributed by atoms with Gasteiger partial charge in [0.25, 0.3) is 0 Å². The van der Waals surface area contributed by atoms with Crippen LogP contribution in [0.3, 0.4) is 0 Å². The Bertz CT molecular complexity index is 2330. The molecule has 1 nitrogen and oxygen atoms in total. The summed E-state index contributed by atoms with van der Waals surface area (Å²) in [7, 11) is 0.